The van der Waals surface area contributed by atoms with Crippen molar-refractivity contribution in [3.05, 3.63) is 59.8 Å². The van der Waals surface area contributed by atoms with E-state index in [1.54, 1.807) is 49.1 Å². The smallest absolute Gasteiger partial charge is 0.277 e. The van der Waals surface area contributed by atoms with Crippen molar-refractivity contribution in [1.29, 1.82) is 0 Å². The van der Waals surface area contributed by atoms with Gasteiger partial charge in [-0.25, -0.2) is 4.99 Å². The van der Waals surface area contributed by atoms with Crippen molar-refractivity contribution in [1.82, 2.24) is 4.90 Å². The Morgan fingerprint density at radius 3 is 2.67 bits per heavy atom. The number of benzene rings is 2. The van der Waals surface area contributed by atoms with E-state index in [9.17, 15) is 9.59 Å². The van der Waals surface area contributed by atoms with Gasteiger partial charge in [-0.2, -0.15) is 0 Å². The van der Waals surface area contributed by atoms with Gasteiger partial charge in [-0.05, 0) is 55.7 Å². The number of amidine groups is 1. The van der Waals surface area contributed by atoms with E-state index >= 15 is 0 Å². The first-order valence-electron chi connectivity index (χ1n) is 11.3. The Bertz CT molecular complexity index is 1090. The molecule has 7 heteroatoms. The van der Waals surface area contributed by atoms with Crippen LogP contribution in [0.25, 0.3) is 6.08 Å². The van der Waals surface area contributed by atoms with E-state index in [1.165, 1.54) is 0 Å². The third kappa shape index (κ3) is 4.92. The Morgan fingerprint density at radius 1 is 1.12 bits per heavy atom. The largest absolute Gasteiger partial charge is 0.493 e. The van der Waals surface area contributed by atoms with Gasteiger partial charge in [0, 0.05) is 25.7 Å². The minimum absolute atomic E-state index is 0.0469. The lowest BCUT2D eigenvalue weighted by atomic mass is 10.1. The summed E-state index contributed by atoms with van der Waals surface area (Å²) in [6, 6.07) is 14.8. The number of aliphatic imine (C=N–C) groups is 1. The Labute approximate surface area is 194 Å². The second kappa shape index (κ2) is 9.90. The number of amides is 2. The maximum Gasteiger partial charge on any atom is 0.277 e. The van der Waals surface area contributed by atoms with Crippen LogP contribution in [0.15, 0.2) is 59.2 Å². The third-order valence-corrected chi connectivity index (χ3v) is 5.92. The number of carbonyl (C=O) groups excluding carboxylic acids is 2. The number of para-hydroxylation sites is 1. The molecule has 1 saturated heterocycles. The van der Waals surface area contributed by atoms with Gasteiger partial charge in [-0.1, -0.05) is 30.7 Å². The van der Waals surface area contributed by atoms with Crippen molar-refractivity contribution >= 4 is 29.4 Å². The molecule has 0 saturated carbocycles. The Kier molecular flexibility index (Phi) is 6.77. The summed E-state index contributed by atoms with van der Waals surface area (Å²) in [5.41, 5.74) is 2.02. The van der Waals surface area contributed by atoms with Gasteiger partial charge in [0.15, 0.2) is 17.6 Å². The molecular formula is C26H29N3O4. The SMILES string of the molecule is COc1cc(/C=C2\N=C3CCCCCN3C2=O)ccc1OC(C)C(=O)N(C)c1ccccc1. The number of methoxy groups -OCH3 is 1. The highest BCUT2D eigenvalue weighted by atomic mass is 16.5. The van der Waals surface area contributed by atoms with Crippen LogP contribution >= 0.6 is 0 Å². The summed E-state index contributed by atoms with van der Waals surface area (Å²) in [7, 11) is 3.27. The predicted octanol–water partition coefficient (Wildman–Crippen LogP) is 4.28. The maximum atomic E-state index is 12.8. The summed E-state index contributed by atoms with van der Waals surface area (Å²) in [6.45, 7) is 2.44. The highest BCUT2D eigenvalue weighted by Crippen LogP contribution is 2.31. The Balaban J connectivity index is 1.50. The molecule has 0 radical (unpaired) electrons. The molecule has 2 aromatic carbocycles. The van der Waals surface area contributed by atoms with E-state index in [0.29, 0.717) is 17.2 Å². The molecule has 2 amide bonds. The molecule has 4 rings (SSSR count). The minimum atomic E-state index is -0.712. The van der Waals surface area contributed by atoms with Gasteiger partial charge >= 0.3 is 0 Å². The van der Waals surface area contributed by atoms with Crippen LogP contribution in [0, 0.1) is 0 Å². The third-order valence-electron chi connectivity index (χ3n) is 5.92. The first-order valence-corrected chi connectivity index (χ1v) is 11.3. The fourth-order valence-electron chi connectivity index (χ4n) is 4.07. The average Bonchev–Trinajstić information content (AvgIpc) is 2.99. The number of hydrogen-bond donors (Lipinski definition) is 0. The van der Waals surface area contributed by atoms with E-state index in [-0.39, 0.29) is 11.8 Å². The molecule has 1 atom stereocenters. The van der Waals surface area contributed by atoms with Crippen LogP contribution < -0.4 is 14.4 Å². The molecule has 1 unspecified atom stereocenters. The Hall–Kier alpha value is -3.61. The van der Waals surface area contributed by atoms with Crippen LogP contribution in [0.4, 0.5) is 5.69 Å². The van der Waals surface area contributed by atoms with Gasteiger partial charge in [-0.3, -0.25) is 14.5 Å². The van der Waals surface area contributed by atoms with Gasteiger partial charge in [0.1, 0.15) is 11.5 Å². The molecule has 1 fully saturated rings. The lowest BCUT2D eigenvalue weighted by Crippen LogP contribution is -2.38. The zero-order valence-electron chi connectivity index (χ0n) is 19.3. The molecule has 2 heterocycles. The van der Waals surface area contributed by atoms with Crippen molar-refractivity contribution in [3.8, 4) is 11.5 Å². The second-order valence-corrected chi connectivity index (χ2v) is 8.23. The monoisotopic (exact) mass is 447 g/mol. The number of carbonyl (C=O) groups is 2. The molecule has 0 bridgehead atoms. The molecule has 2 aliphatic heterocycles. The van der Waals surface area contributed by atoms with Crippen molar-refractivity contribution in [2.75, 3.05) is 25.6 Å². The molecule has 33 heavy (non-hydrogen) atoms. The van der Waals surface area contributed by atoms with Gasteiger partial charge in [0.2, 0.25) is 0 Å². The topological polar surface area (TPSA) is 71.4 Å². The van der Waals surface area contributed by atoms with Crippen LogP contribution in [0.5, 0.6) is 11.5 Å². The van der Waals surface area contributed by atoms with Crippen molar-refractivity contribution < 1.29 is 19.1 Å². The highest BCUT2D eigenvalue weighted by Gasteiger charge is 2.30. The first kappa shape index (κ1) is 22.6. The molecule has 0 aliphatic carbocycles. The number of likely N-dealkylation sites (N-methyl/N-ethyl adjacent to an activating group) is 1. The summed E-state index contributed by atoms with van der Waals surface area (Å²) < 4.78 is 11.4. The fraction of sp³-hybridized carbons (Fsp3) is 0.346. The number of nitrogens with zero attached hydrogens (tertiary/aromatic N) is 3. The van der Waals surface area contributed by atoms with Gasteiger partial charge < -0.3 is 14.4 Å². The minimum Gasteiger partial charge on any atom is -0.493 e. The fourth-order valence-corrected chi connectivity index (χ4v) is 4.07. The molecule has 2 aromatic rings. The quantitative estimate of drug-likeness (QED) is 0.620. The van der Waals surface area contributed by atoms with Gasteiger partial charge in [0.25, 0.3) is 11.8 Å². The predicted molar refractivity (Wildman–Crippen MR) is 129 cm³/mol. The van der Waals surface area contributed by atoms with Crippen LogP contribution in [0.3, 0.4) is 0 Å². The number of fused-ring (bicyclic) bond motifs is 1. The zero-order chi connectivity index (χ0) is 23.4. The van der Waals surface area contributed by atoms with E-state index in [0.717, 1.165) is 49.3 Å². The molecule has 0 spiro atoms. The zero-order valence-corrected chi connectivity index (χ0v) is 19.3. The number of anilines is 1. The summed E-state index contributed by atoms with van der Waals surface area (Å²) in [4.78, 5) is 33.5. The van der Waals surface area contributed by atoms with Crippen molar-refractivity contribution in [2.45, 2.75) is 38.7 Å². The lowest BCUT2D eigenvalue weighted by Gasteiger charge is -2.23. The molecular weight excluding hydrogens is 418 g/mol. The van der Waals surface area contributed by atoms with E-state index in [1.807, 2.05) is 36.4 Å². The van der Waals surface area contributed by atoms with E-state index < -0.39 is 6.10 Å². The maximum absolute atomic E-state index is 12.8. The summed E-state index contributed by atoms with van der Waals surface area (Å²) >= 11 is 0. The summed E-state index contributed by atoms with van der Waals surface area (Å²) in [5, 5.41) is 0. The summed E-state index contributed by atoms with van der Waals surface area (Å²) in [5.74, 6) is 1.59. The molecule has 0 N–H and O–H groups in total. The normalized spacial score (nSPS) is 17.8. The van der Waals surface area contributed by atoms with Crippen LogP contribution in [-0.4, -0.2) is 49.4 Å². The standard InChI is InChI=1S/C26H29N3O4/c1-18(25(30)28(2)20-10-6-4-7-11-20)33-22-14-13-19(17-23(22)32-3)16-21-26(31)29-15-9-5-8-12-24(29)27-21/h4,6-7,10-11,13-14,16-18H,5,8-9,12,15H2,1-3H3/b21-16-. The molecule has 172 valence electrons. The average molecular weight is 448 g/mol. The Morgan fingerprint density at radius 2 is 1.91 bits per heavy atom. The van der Waals surface area contributed by atoms with Crippen LogP contribution in [0.1, 0.15) is 38.2 Å². The number of ether oxygens (including phenoxy) is 2. The molecule has 7 nitrogen and oxygen atoms in total. The highest BCUT2D eigenvalue weighted by molar-refractivity contribution is 6.14. The second-order valence-electron chi connectivity index (χ2n) is 8.23. The lowest BCUT2D eigenvalue weighted by molar-refractivity contribution is -0.124. The van der Waals surface area contributed by atoms with Gasteiger partial charge in [-0.15, -0.1) is 0 Å². The number of hydrogen-bond acceptors (Lipinski definition) is 5. The van der Waals surface area contributed by atoms with Gasteiger partial charge in [0.05, 0.1) is 7.11 Å². The summed E-state index contributed by atoms with van der Waals surface area (Å²) in [6.07, 6.45) is 5.09. The number of rotatable bonds is 6. The van der Waals surface area contributed by atoms with Crippen LogP contribution in [0.2, 0.25) is 0 Å². The van der Waals surface area contributed by atoms with E-state index in [2.05, 4.69) is 4.99 Å². The van der Waals surface area contributed by atoms with Crippen molar-refractivity contribution in [2.24, 2.45) is 4.99 Å². The van der Waals surface area contributed by atoms with E-state index in [4.69, 9.17) is 9.47 Å². The van der Waals surface area contributed by atoms with Crippen molar-refractivity contribution in [3.63, 3.8) is 0 Å². The molecule has 0 aromatic heterocycles. The first-order chi connectivity index (χ1) is 16.0. The molecule has 2 aliphatic rings. The van der Waals surface area contributed by atoms with Crippen LogP contribution in [-0.2, 0) is 9.59 Å².